The van der Waals surface area contributed by atoms with Crippen LogP contribution in [0.4, 0.5) is 0 Å². The van der Waals surface area contributed by atoms with E-state index in [4.69, 9.17) is 0 Å². The molecule has 1 heterocycles. The van der Waals surface area contributed by atoms with Crippen molar-refractivity contribution in [3.05, 3.63) is 47.5 Å². The Balaban J connectivity index is 1.83. The molecule has 100 valence electrons. The van der Waals surface area contributed by atoms with Crippen LogP contribution >= 0.6 is 0 Å². The number of aryl methyl sites for hydroxylation is 1. The maximum Gasteiger partial charge on any atom is 0.0258 e. The van der Waals surface area contributed by atoms with Crippen LogP contribution in [0.1, 0.15) is 11.1 Å². The van der Waals surface area contributed by atoms with Crippen LogP contribution in [0.25, 0.3) is 10.8 Å². The third-order valence-corrected chi connectivity index (χ3v) is 4.18. The lowest BCUT2D eigenvalue weighted by Gasteiger charge is -2.33. The summed E-state index contributed by atoms with van der Waals surface area (Å²) < 4.78 is 0. The number of fused-ring (bicyclic) bond motifs is 1. The van der Waals surface area contributed by atoms with E-state index >= 15 is 0 Å². The van der Waals surface area contributed by atoms with Gasteiger partial charge in [-0.1, -0.05) is 42.0 Å². The summed E-state index contributed by atoms with van der Waals surface area (Å²) in [6.45, 7) is 5.51. The van der Waals surface area contributed by atoms with Gasteiger partial charge < -0.3 is 10.2 Å². The van der Waals surface area contributed by atoms with Gasteiger partial charge in [-0.05, 0) is 36.7 Å². The van der Waals surface area contributed by atoms with Gasteiger partial charge in [0.1, 0.15) is 0 Å². The van der Waals surface area contributed by atoms with Crippen molar-refractivity contribution < 1.29 is 0 Å². The molecule has 1 saturated heterocycles. The highest BCUT2D eigenvalue weighted by Gasteiger charge is 2.18. The first-order chi connectivity index (χ1) is 9.22. The molecule has 3 rings (SSSR count). The van der Waals surface area contributed by atoms with Gasteiger partial charge in [-0.25, -0.2) is 0 Å². The zero-order valence-corrected chi connectivity index (χ0v) is 11.8. The van der Waals surface area contributed by atoms with E-state index in [0.717, 1.165) is 26.1 Å². The highest BCUT2D eigenvalue weighted by atomic mass is 15.2. The molecule has 2 aromatic carbocycles. The fourth-order valence-corrected chi connectivity index (χ4v) is 2.90. The molecule has 0 saturated carbocycles. The zero-order chi connectivity index (χ0) is 13.2. The van der Waals surface area contributed by atoms with Gasteiger partial charge in [0.05, 0.1) is 0 Å². The van der Waals surface area contributed by atoms with E-state index in [1.54, 1.807) is 0 Å². The molecule has 0 bridgehead atoms. The summed E-state index contributed by atoms with van der Waals surface area (Å²) in [4.78, 5) is 2.47. The summed E-state index contributed by atoms with van der Waals surface area (Å²) in [6, 6.07) is 14.2. The largest absolute Gasteiger partial charge is 0.314 e. The Kier molecular flexibility index (Phi) is 3.54. The monoisotopic (exact) mass is 254 g/mol. The maximum atomic E-state index is 3.49. The molecule has 1 aliphatic heterocycles. The fraction of sp³-hybridized carbons (Fsp3) is 0.412. The second kappa shape index (κ2) is 5.32. The summed E-state index contributed by atoms with van der Waals surface area (Å²) in [7, 11) is 2.23. The first kappa shape index (κ1) is 12.6. The van der Waals surface area contributed by atoms with E-state index in [-0.39, 0.29) is 0 Å². The van der Waals surface area contributed by atoms with Gasteiger partial charge >= 0.3 is 0 Å². The number of hydrogen-bond donors (Lipinski definition) is 1. The van der Waals surface area contributed by atoms with Crippen molar-refractivity contribution >= 4 is 10.8 Å². The second-order valence-electron chi connectivity index (χ2n) is 5.73. The van der Waals surface area contributed by atoms with Crippen LogP contribution in [0.15, 0.2) is 36.4 Å². The quantitative estimate of drug-likeness (QED) is 0.886. The molecule has 0 radical (unpaired) electrons. The average molecular weight is 254 g/mol. The Morgan fingerprint density at radius 3 is 2.79 bits per heavy atom. The van der Waals surface area contributed by atoms with E-state index in [1.165, 1.54) is 21.9 Å². The number of nitrogens with zero attached hydrogens (tertiary/aromatic N) is 1. The van der Waals surface area contributed by atoms with Gasteiger partial charge in [-0.15, -0.1) is 0 Å². The average Bonchev–Trinajstić information content (AvgIpc) is 2.41. The van der Waals surface area contributed by atoms with Crippen molar-refractivity contribution in [2.45, 2.75) is 19.4 Å². The zero-order valence-electron chi connectivity index (χ0n) is 11.8. The van der Waals surface area contributed by atoms with Crippen LogP contribution in [0, 0.1) is 6.92 Å². The number of nitrogens with one attached hydrogen (secondary N) is 1. The third-order valence-electron chi connectivity index (χ3n) is 4.18. The van der Waals surface area contributed by atoms with Crippen molar-refractivity contribution in [1.82, 2.24) is 10.2 Å². The second-order valence-corrected chi connectivity index (χ2v) is 5.73. The van der Waals surface area contributed by atoms with Gasteiger partial charge in [-0.2, -0.15) is 0 Å². The van der Waals surface area contributed by atoms with Gasteiger partial charge in [0.2, 0.25) is 0 Å². The molecule has 0 aromatic heterocycles. The predicted molar refractivity (Wildman–Crippen MR) is 81.7 cm³/mol. The van der Waals surface area contributed by atoms with Crippen molar-refractivity contribution in [2.75, 3.05) is 26.7 Å². The van der Waals surface area contributed by atoms with Gasteiger partial charge in [0.25, 0.3) is 0 Å². The van der Waals surface area contributed by atoms with E-state index in [2.05, 4.69) is 60.6 Å². The van der Waals surface area contributed by atoms with Crippen LogP contribution in [0.5, 0.6) is 0 Å². The smallest absolute Gasteiger partial charge is 0.0258 e. The molecule has 1 aliphatic rings. The molecule has 0 aliphatic carbocycles. The van der Waals surface area contributed by atoms with E-state index in [0.29, 0.717) is 6.04 Å². The van der Waals surface area contributed by atoms with Crippen molar-refractivity contribution in [3.63, 3.8) is 0 Å². The Morgan fingerprint density at radius 2 is 1.95 bits per heavy atom. The van der Waals surface area contributed by atoms with Crippen LogP contribution in [0.2, 0.25) is 0 Å². The Labute approximate surface area is 115 Å². The first-order valence-corrected chi connectivity index (χ1v) is 7.12. The van der Waals surface area contributed by atoms with E-state index in [9.17, 15) is 0 Å². The van der Waals surface area contributed by atoms with Crippen LogP contribution in [-0.4, -0.2) is 37.6 Å². The molecule has 1 N–H and O–H groups in total. The summed E-state index contributed by atoms with van der Waals surface area (Å²) in [5, 5.41) is 6.19. The van der Waals surface area contributed by atoms with Crippen molar-refractivity contribution in [2.24, 2.45) is 0 Å². The SMILES string of the molecule is Cc1ccc2cc(CC3CNCCN3C)ccc2c1. The normalized spacial score (nSPS) is 20.8. The lowest BCUT2D eigenvalue weighted by molar-refractivity contribution is 0.199. The predicted octanol–water partition coefficient (Wildman–Crippen LogP) is 2.59. The molecular formula is C17H22N2. The number of hydrogen-bond acceptors (Lipinski definition) is 2. The minimum absolute atomic E-state index is 0.622. The Morgan fingerprint density at radius 1 is 1.16 bits per heavy atom. The number of piperazine rings is 1. The van der Waals surface area contributed by atoms with E-state index < -0.39 is 0 Å². The molecule has 1 atom stereocenters. The molecule has 1 unspecified atom stereocenters. The van der Waals surface area contributed by atoms with Crippen LogP contribution in [0.3, 0.4) is 0 Å². The minimum Gasteiger partial charge on any atom is -0.314 e. The summed E-state index contributed by atoms with van der Waals surface area (Å²) in [5.74, 6) is 0. The van der Waals surface area contributed by atoms with Gasteiger partial charge in [0.15, 0.2) is 0 Å². The van der Waals surface area contributed by atoms with Crippen molar-refractivity contribution in [3.8, 4) is 0 Å². The maximum absolute atomic E-state index is 3.49. The molecular weight excluding hydrogens is 232 g/mol. The number of benzene rings is 2. The Bertz CT molecular complexity index is 576. The fourth-order valence-electron chi connectivity index (χ4n) is 2.90. The Hall–Kier alpha value is -1.38. The lowest BCUT2D eigenvalue weighted by atomic mass is 9.99. The highest BCUT2D eigenvalue weighted by molar-refractivity contribution is 5.83. The summed E-state index contributed by atoms with van der Waals surface area (Å²) >= 11 is 0. The molecule has 2 heteroatoms. The van der Waals surface area contributed by atoms with Gasteiger partial charge in [0, 0.05) is 25.7 Å². The molecule has 2 nitrogen and oxygen atoms in total. The lowest BCUT2D eigenvalue weighted by Crippen LogP contribution is -2.50. The van der Waals surface area contributed by atoms with Crippen LogP contribution in [-0.2, 0) is 6.42 Å². The third kappa shape index (κ3) is 2.80. The summed E-state index contributed by atoms with van der Waals surface area (Å²) in [5.41, 5.74) is 2.77. The standard InChI is InChI=1S/C17H22N2/c1-13-3-5-16-10-14(4-6-15(16)9-13)11-17-12-18-7-8-19(17)2/h3-6,9-10,17-18H,7-8,11-12H2,1-2H3. The van der Waals surface area contributed by atoms with E-state index in [1.807, 2.05) is 0 Å². The first-order valence-electron chi connectivity index (χ1n) is 7.12. The minimum atomic E-state index is 0.622. The summed E-state index contributed by atoms with van der Waals surface area (Å²) in [6.07, 6.45) is 1.13. The number of rotatable bonds is 2. The van der Waals surface area contributed by atoms with Crippen molar-refractivity contribution in [1.29, 1.82) is 0 Å². The van der Waals surface area contributed by atoms with Gasteiger partial charge in [-0.3, -0.25) is 0 Å². The van der Waals surface area contributed by atoms with Crippen LogP contribution < -0.4 is 5.32 Å². The topological polar surface area (TPSA) is 15.3 Å². The molecule has 0 spiro atoms. The molecule has 1 fully saturated rings. The molecule has 2 aromatic rings. The molecule has 19 heavy (non-hydrogen) atoms. The molecule has 0 amide bonds. The number of likely N-dealkylation sites (N-methyl/N-ethyl adjacent to an activating group) is 1. The highest BCUT2D eigenvalue weighted by Crippen LogP contribution is 2.19.